The average Bonchev–Trinajstić information content (AvgIpc) is 2.29. The summed E-state index contributed by atoms with van der Waals surface area (Å²) >= 11 is 0. The van der Waals surface area contributed by atoms with Gasteiger partial charge in [-0.25, -0.2) is 17.1 Å². The van der Waals surface area contributed by atoms with E-state index in [4.69, 9.17) is 0 Å². The molecule has 0 radical (unpaired) electrons. The predicted molar refractivity (Wildman–Crippen MR) is 59.5 cm³/mol. The van der Waals surface area contributed by atoms with Crippen LogP contribution in [0, 0.1) is 0 Å². The maximum Gasteiger partial charge on any atom is 0.266 e. The number of carbonyl (C=O) groups excluding carboxylic acids is 1. The van der Waals surface area contributed by atoms with Gasteiger partial charge in [-0.1, -0.05) is 18.2 Å². The zero-order chi connectivity index (χ0) is 12.5. The summed E-state index contributed by atoms with van der Waals surface area (Å²) in [4.78, 5) is 11.6. The number of benzene rings is 1. The third-order valence-corrected chi connectivity index (χ3v) is 4.49. The van der Waals surface area contributed by atoms with Crippen LogP contribution in [-0.4, -0.2) is 31.3 Å². The summed E-state index contributed by atoms with van der Waals surface area (Å²) in [7, 11) is -3.82. The highest BCUT2D eigenvalue weighted by molar-refractivity contribution is 7.89. The van der Waals surface area contributed by atoms with Crippen LogP contribution < -0.4 is 0 Å². The van der Waals surface area contributed by atoms with Crippen molar-refractivity contribution in [1.82, 2.24) is 4.31 Å². The van der Waals surface area contributed by atoms with Gasteiger partial charge in [-0.2, -0.15) is 0 Å². The van der Waals surface area contributed by atoms with E-state index in [0.717, 1.165) is 4.31 Å². The normalized spacial score (nSPS) is 21.6. The van der Waals surface area contributed by atoms with Crippen molar-refractivity contribution in [2.45, 2.75) is 23.9 Å². The minimum atomic E-state index is -3.82. The Labute approximate surface area is 99.1 Å². The fourth-order valence-corrected chi connectivity index (χ4v) is 3.19. The summed E-state index contributed by atoms with van der Waals surface area (Å²) in [5, 5.41) is 0. The molecule has 1 amide bonds. The van der Waals surface area contributed by atoms with Crippen molar-refractivity contribution in [3.05, 3.63) is 30.3 Å². The van der Waals surface area contributed by atoms with Crippen LogP contribution in [0.3, 0.4) is 0 Å². The molecule has 1 aliphatic rings. The van der Waals surface area contributed by atoms with Gasteiger partial charge in [-0.3, -0.25) is 4.79 Å². The zero-order valence-electron chi connectivity index (χ0n) is 9.04. The molecule has 4 nitrogen and oxygen atoms in total. The molecular weight excluding hydrogens is 245 g/mol. The number of nitrogens with zero attached hydrogens (tertiary/aromatic N) is 1. The van der Waals surface area contributed by atoms with Crippen molar-refractivity contribution in [3.63, 3.8) is 0 Å². The van der Waals surface area contributed by atoms with E-state index in [0.29, 0.717) is 0 Å². The molecule has 1 atom stereocenters. The van der Waals surface area contributed by atoms with Crippen LogP contribution in [0.5, 0.6) is 0 Å². The van der Waals surface area contributed by atoms with Gasteiger partial charge in [0.1, 0.15) is 6.17 Å². The summed E-state index contributed by atoms with van der Waals surface area (Å²) < 4.78 is 37.9. The van der Waals surface area contributed by atoms with E-state index in [1.165, 1.54) is 12.1 Å². The van der Waals surface area contributed by atoms with Crippen LogP contribution in [0.4, 0.5) is 4.39 Å². The Kier molecular flexibility index (Phi) is 3.15. The van der Waals surface area contributed by atoms with Gasteiger partial charge in [0.2, 0.25) is 5.91 Å². The smallest absolute Gasteiger partial charge is 0.266 e. The van der Waals surface area contributed by atoms with Gasteiger partial charge < -0.3 is 0 Å². The molecule has 6 heteroatoms. The van der Waals surface area contributed by atoms with Gasteiger partial charge in [0.05, 0.1) is 11.3 Å². The van der Waals surface area contributed by atoms with Gasteiger partial charge >= 0.3 is 0 Å². The molecule has 0 N–H and O–H groups in total. The Morgan fingerprint density at radius 1 is 1.24 bits per heavy atom. The van der Waals surface area contributed by atoms with Crippen molar-refractivity contribution in [3.8, 4) is 0 Å². The van der Waals surface area contributed by atoms with Gasteiger partial charge in [-0.15, -0.1) is 0 Å². The standard InChI is InChI=1S/C11H12FNO3S/c12-9-6-7-13(11(14)8-9)17(15,16)10-4-2-1-3-5-10/h1-5,9H,6-8H2. The molecule has 0 spiro atoms. The molecule has 0 saturated carbocycles. The van der Waals surface area contributed by atoms with Crippen LogP contribution in [0.1, 0.15) is 12.8 Å². The Bertz CT molecular complexity index is 515. The number of amides is 1. The molecule has 2 rings (SSSR count). The Morgan fingerprint density at radius 2 is 1.88 bits per heavy atom. The summed E-state index contributed by atoms with van der Waals surface area (Å²) in [6, 6.07) is 7.70. The molecule has 1 saturated heterocycles. The molecule has 1 heterocycles. The largest absolute Gasteiger partial charge is 0.274 e. The summed E-state index contributed by atoms with van der Waals surface area (Å²) in [6.07, 6.45) is -1.52. The maximum absolute atomic E-state index is 13.0. The second-order valence-electron chi connectivity index (χ2n) is 3.87. The minimum Gasteiger partial charge on any atom is -0.274 e. The molecule has 92 valence electrons. The topological polar surface area (TPSA) is 54.5 Å². The first-order valence-corrected chi connectivity index (χ1v) is 6.70. The van der Waals surface area contributed by atoms with Gasteiger partial charge in [0.25, 0.3) is 10.0 Å². The molecular formula is C11H12FNO3S. The molecule has 0 aliphatic carbocycles. The second kappa shape index (κ2) is 4.44. The van der Waals surface area contributed by atoms with Crippen molar-refractivity contribution in [2.24, 2.45) is 0 Å². The van der Waals surface area contributed by atoms with E-state index in [1.807, 2.05) is 0 Å². The van der Waals surface area contributed by atoms with Gasteiger partial charge in [0, 0.05) is 6.54 Å². The van der Waals surface area contributed by atoms with Crippen LogP contribution >= 0.6 is 0 Å². The molecule has 0 aromatic heterocycles. The van der Waals surface area contributed by atoms with Gasteiger partial charge in [0.15, 0.2) is 0 Å². The fraction of sp³-hybridized carbons (Fsp3) is 0.364. The van der Waals surface area contributed by atoms with Crippen molar-refractivity contribution < 1.29 is 17.6 Å². The second-order valence-corrected chi connectivity index (χ2v) is 5.74. The van der Waals surface area contributed by atoms with E-state index >= 15 is 0 Å². The van der Waals surface area contributed by atoms with Crippen molar-refractivity contribution >= 4 is 15.9 Å². The van der Waals surface area contributed by atoms with Crippen LogP contribution in [0.2, 0.25) is 0 Å². The summed E-state index contributed by atoms with van der Waals surface area (Å²) in [5.41, 5.74) is 0. The average molecular weight is 257 g/mol. The van der Waals surface area contributed by atoms with E-state index in [2.05, 4.69) is 0 Å². The quantitative estimate of drug-likeness (QED) is 0.803. The van der Waals surface area contributed by atoms with Crippen molar-refractivity contribution in [2.75, 3.05) is 6.54 Å². The summed E-state index contributed by atoms with van der Waals surface area (Å²) in [6.45, 7) is -0.0861. The molecule has 1 fully saturated rings. The molecule has 1 aromatic rings. The SMILES string of the molecule is O=C1CC(F)CCN1S(=O)(=O)c1ccccc1. The zero-order valence-corrected chi connectivity index (χ0v) is 9.86. The fourth-order valence-electron chi connectivity index (χ4n) is 1.75. The number of piperidine rings is 1. The molecule has 1 aromatic carbocycles. The number of carbonyl (C=O) groups is 1. The highest BCUT2D eigenvalue weighted by Crippen LogP contribution is 2.22. The lowest BCUT2D eigenvalue weighted by Crippen LogP contribution is -2.43. The summed E-state index contributed by atoms with van der Waals surface area (Å²) in [5.74, 6) is -0.674. The Morgan fingerprint density at radius 3 is 2.47 bits per heavy atom. The van der Waals surface area contributed by atoms with Crippen molar-refractivity contribution in [1.29, 1.82) is 0 Å². The number of sulfonamides is 1. The number of rotatable bonds is 2. The number of hydrogen-bond acceptors (Lipinski definition) is 3. The maximum atomic E-state index is 13.0. The van der Waals surface area contributed by atoms with E-state index in [9.17, 15) is 17.6 Å². The lowest BCUT2D eigenvalue weighted by molar-refractivity contribution is -0.129. The van der Waals surface area contributed by atoms with E-state index < -0.39 is 22.1 Å². The highest BCUT2D eigenvalue weighted by atomic mass is 32.2. The molecule has 17 heavy (non-hydrogen) atoms. The number of hydrogen-bond donors (Lipinski definition) is 0. The highest BCUT2D eigenvalue weighted by Gasteiger charge is 2.34. The minimum absolute atomic E-state index is 0.0608. The monoisotopic (exact) mass is 257 g/mol. The van der Waals surface area contributed by atoms with Crippen LogP contribution in [0.25, 0.3) is 0 Å². The molecule has 1 unspecified atom stereocenters. The molecule has 1 aliphatic heterocycles. The van der Waals surface area contributed by atoms with E-state index in [1.54, 1.807) is 18.2 Å². The first kappa shape index (κ1) is 12.0. The Balaban J connectivity index is 2.31. The predicted octanol–water partition coefficient (Wildman–Crippen LogP) is 1.34. The van der Waals surface area contributed by atoms with Gasteiger partial charge in [-0.05, 0) is 18.6 Å². The first-order valence-electron chi connectivity index (χ1n) is 5.26. The molecule has 0 bridgehead atoms. The third-order valence-electron chi connectivity index (χ3n) is 2.65. The number of alkyl halides is 1. The lowest BCUT2D eigenvalue weighted by Gasteiger charge is -2.27. The van der Waals surface area contributed by atoms with Crippen LogP contribution in [0.15, 0.2) is 35.2 Å². The Hall–Kier alpha value is -1.43. The third kappa shape index (κ3) is 2.31. The van der Waals surface area contributed by atoms with E-state index in [-0.39, 0.29) is 24.3 Å². The lowest BCUT2D eigenvalue weighted by atomic mass is 10.1. The van der Waals surface area contributed by atoms with Crippen LogP contribution in [-0.2, 0) is 14.8 Å². The first-order chi connectivity index (χ1) is 8.01. The number of halogens is 1.